The minimum Gasteiger partial charge on any atom is -0.366 e. The van der Waals surface area contributed by atoms with E-state index in [1.165, 1.54) is 6.07 Å². The van der Waals surface area contributed by atoms with Crippen LogP contribution in [0.25, 0.3) is 10.9 Å². The molecule has 3 N–H and O–H groups in total. The lowest BCUT2D eigenvalue weighted by atomic mass is 10.0. The van der Waals surface area contributed by atoms with Gasteiger partial charge in [-0.1, -0.05) is 43.3 Å². The Hall–Kier alpha value is -3.55. The molecule has 8 nitrogen and oxygen atoms in total. The fourth-order valence-electron chi connectivity index (χ4n) is 2.89. The van der Waals surface area contributed by atoms with E-state index in [0.717, 1.165) is 4.68 Å². The van der Waals surface area contributed by atoms with Crippen LogP contribution < -0.4 is 16.6 Å². The number of nitrogens with zero attached hydrogens (tertiary/aromatic N) is 3. The van der Waals surface area contributed by atoms with Gasteiger partial charge in [0.05, 0.1) is 16.6 Å². The van der Waals surface area contributed by atoms with Crippen LogP contribution in [0, 0.1) is 5.92 Å². The molecule has 0 bridgehead atoms. The number of carbonyl (C=O) groups is 2. The third-order valence-corrected chi connectivity index (χ3v) is 4.21. The van der Waals surface area contributed by atoms with Gasteiger partial charge in [0.25, 0.3) is 11.5 Å². The summed E-state index contributed by atoms with van der Waals surface area (Å²) >= 11 is 0. The van der Waals surface area contributed by atoms with E-state index in [0.29, 0.717) is 10.9 Å². The number of anilines is 1. The highest BCUT2D eigenvalue weighted by molar-refractivity contribution is 6.03. The summed E-state index contributed by atoms with van der Waals surface area (Å²) in [6.07, 6.45) is 0. The predicted molar refractivity (Wildman–Crippen MR) is 101 cm³/mol. The number of benzene rings is 2. The zero-order chi connectivity index (χ0) is 19.6. The lowest BCUT2D eigenvalue weighted by Crippen LogP contribution is -2.38. The van der Waals surface area contributed by atoms with Crippen LogP contribution in [-0.2, 0) is 4.79 Å². The van der Waals surface area contributed by atoms with Crippen LogP contribution in [0.5, 0.6) is 0 Å². The third kappa shape index (κ3) is 3.55. The van der Waals surface area contributed by atoms with E-state index in [2.05, 4.69) is 15.6 Å². The Kier molecular flexibility index (Phi) is 4.98. The molecule has 0 aliphatic carbocycles. The summed E-state index contributed by atoms with van der Waals surface area (Å²) in [5, 5.41) is 11.0. The van der Waals surface area contributed by atoms with Crippen molar-refractivity contribution in [1.29, 1.82) is 0 Å². The maximum absolute atomic E-state index is 12.9. The molecule has 8 heteroatoms. The quantitative estimate of drug-likeness (QED) is 0.713. The van der Waals surface area contributed by atoms with Crippen LogP contribution in [-0.4, -0.2) is 26.8 Å². The lowest BCUT2D eigenvalue weighted by molar-refractivity contribution is -0.120. The van der Waals surface area contributed by atoms with Crippen molar-refractivity contribution in [2.24, 2.45) is 11.7 Å². The van der Waals surface area contributed by atoms with Crippen LogP contribution in [0.1, 0.15) is 30.2 Å². The SMILES string of the molecule is CC(C)[C@@H](C(=O)Nc1ccccc1C(N)=O)n1nnc2ccccc2c1=O. The average molecular weight is 365 g/mol. The van der Waals surface area contributed by atoms with Crippen LogP contribution in [0.2, 0.25) is 0 Å². The molecule has 0 aliphatic rings. The highest BCUT2D eigenvalue weighted by Crippen LogP contribution is 2.21. The van der Waals surface area contributed by atoms with Gasteiger partial charge in [-0.15, -0.1) is 5.10 Å². The summed E-state index contributed by atoms with van der Waals surface area (Å²) < 4.78 is 1.08. The molecular weight excluding hydrogens is 346 g/mol. The van der Waals surface area contributed by atoms with Gasteiger partial charge in [-0.05, 0) is 30.2 Å². The molecule has 0 saturated heterocycles. The Morgan fingerprint density at radius 2 is 1.74 bits per heavy atom. The first kappa shape index (κ1) is 18.2. The maximum Gasteiger partial charge on any atom is 0.278 e. The molecule has 1 atom stereocenters. The van der Waals surface area contributed by atoms with Gasteiger partial charge in [-0.3, -0.25) is 14.4 Å². The summed E-state index contributed by atoms with van der Waals surface area (Å²) in [4.78, 5) is 37.3. The summed E-state index contributed by atoms with van der Waals surface area (Å²) in [6.45, 7) is 3.60. The molecule has 138 valence electrons. The highest BCUT2D eigenvalue weighted by atomic mass is 16.2. The van der Waals surface area contributed by atoms with Crippen molar-refractivity contribution in [2.75, 3.05) is 5.32 Å². The summed E-state index contributed by atoms with van der Waals surface area (Å²) in [5.74, 6) is -1.39. The highest BCUT2D eigenvalue weighted by Gasteiger charge is 2.28. The van der Waals surface area contributed by atoms with Crippen molar-refractivity contribution in [3.8, 4) is 0 Å². The van der Waals surface area contributed by atoms with Crippen LogP contribution in [0.15, 0.2) is 53.3 Å². The van der Waals surface area contributed by atoms with E-state index in [4.69, 9.17) is 5.73 Å². The Bertz CT molecular complexity index is 1070. The maximum atomic E-state index is 12.9. The second kappa shape index (κ2) is 7.36. The van der Waals surface area contributed by atoms with Crippen molar-refractivity contribution in [3.63, 3.8) is 0 Å². The number of primary amides is 1. The number of carbonyl (C=O) groups excluding carboxylic acids is 2. The van der Waals surface area contributed by atoms with E-state index in [-0.39, 0.29) is 17.2 Å². The lowest BCUT2D eigenvalue weighted by Gasteiger charge is -2.21. The molecule has 3 rings (SSSR count). The molecule has 2 aromatic carbocycles. The molecule has 0 unspecified atom stereocenters. The number of nitrogens with one attached hydrogen (secondary N) is 1. The van der Waals surface area contributed by atoms with Crippen molar-refractivity contribution in [3.05, 3.63) is 64.4 Å². The van der Waals surface area contributed by atoms with E-state index >= 15 is 0 Å². The van der Waals surface area contributed by atoms with Crippen LogP contribution >= 0.6 is 0 Å². The number of rotatable bonds is 5. The molecule has 0 spiro atoms. The fourth-order valence-corrected chi connectivity index (χ4v) is 2.89. The summed E-state index contributed by atoms with van der Waals surface area (Å²) in [6, 6.07) is 12.3. The van der Waals surface area contributed by atoms with Gasteiger partial charge in [-0.2, -0.15) is 4.68 Å². The molecule has 0 radical (unpaired) electrons. The van der Waals surface area contributed by atoms with E-state index in [9.17, 15) is 14.4 Å². The first-order chi connectivity index (χ1) is 12.9. The standard InChI is InChI=1S/C19H19N5O3/c1-11(2)16(18(26)21-14-9-5-3-7-12(14)17(20)25)24-19(27)13-8-4-6-10-15(13)22-23-24/h3-11,16H,1-2H3,(H2,20,25)(H,21,26)/t16-/m0/s1. The smallest absolute Gasteiger partial charge is 0.278 e. The Morgan fingerprint density at radius 1 is 1.07 bits per heavy atom. The first-order valence-corrected chi connectivity index (χ1v) is 8.44. The monoisotopic (exact) mass is 365 g/mol. The Balaban J connectivity index is 2.02. The van der Waals surface area contributed by atoms with E-state index in [1.54, 1.807) is 56.3 Å². The fraction of sp³-hybridized carbons (Fsp3) is 0.211. The Morgan fingerprint density at radius 3 is 2.44 bits per heavy atom. The van der Waals surface area contributed by atoms with Crippen molar-refractivity contribution >= 4 is 28.4 Å². The molecule has 0 fully saturated rings. The van der Waals surface area contributed by atoms with Crippen molar-refractivity contribution < 1.29 is 9.59 Å². The van der Waals surface area contributed by atoms with Gasteiger partial charge in [0.2, 0.25) is 5.91 Å². The average Bonchev–Trinajstić information content (AvgIpc) is 2.64. The van der Waals surface area contributed by atoms with Gasteiger partial charge in [0, 0.05) is 0 Å². The first-order valence-electron chi connectivity index (χ1n) is 8.44. The molecule has 3 aromatic rings. The largest absolute Gasteiger partial charge is 0.366 e. The number of nitrogens with two attached hydrogens (primary N) is 1. The molecule has 27 heavy (non-hydrogen) atoms. The van der Waals surface area contributed by atoms with E-state index < -0.39 is 23.4 Å². The minimum absolute atomic E-state index is 0.185. The van der Waals surface area contributed by atoms with Crippen molar-refractivity contribution in [1.82, 2.24) is 15.0 Å². The van der Waals surface area contributed by atoms with Gasteiger partial charge in [0.1, 0.15) is 11.6 Å². The molecule has 2 amide bonds. The van der Waals surface area contributed by atoms with E-state index in [1.807, 2.05) is 0 Å². The minimum atomic E-state index is -0.907. The number of hydrogen-bond acceptors (Lipinski definition) is 5. The Labute approximate surface area is 155 Å². The zero-order valence-electron chi connectivity index (χ0n) is 14.9. The second-order valence-corrected chi connectivity index (χ2v) is 6.44. The summed E-state index contributed by atoms with van der Waals surface area (Å²) in [7, 11) is 0. The van der Waals surface area contributed by atoms with Gasteiger partial charge < -0.3 is 11.1 Å². The van der Waals surface area contributed by atoms with Crippen LogP contribution in [0.4, 0.5) is 5.69 Å². The number of para-hydroxylation sites is 1. The molecule has 0 aliphatic heterocycles. The van der Waals surface area contributed by atoms with Crippen LogP contribution in [0.3, 0.4) is 0 Å². The summed E-state index contributed by atoms with van der Waals surface area (Å²) in [5.41, 5.74) is 5.88. The van der Waals surface area contributed by atoms with Gasteiger partial charge in [-0.25, -0.2) is 0 Å². The van der Waals surface area contributed by atoms with Crippen molar-refractivity contribution in [2.45, 2.75) is 19.9 Å². The zero-order valence-corrected chi connectivity index (χ0v) is 14.9. The number of fused-ring (bicyclic) bond motifs is 1. The number of hydrogen-bond donors (Lipinski definition) is 2. The number of amides is 2. The molecular formula is C19H19N5O3. The van der Waals surface area contributed by atoms with Gasteiger partial charge >= 0.3 is 0 Å². The molecule has 1 aromatic heterocycles. The molecule has 1 heterocycles. The topological polar surface area (TPSA) is 120 Å². The second-order valence-electron chi connectivity index (χ2n) is 6.44. The number of aromatic nitrogens is 3. The third-order valence-electron chi connectivity index (χ3n) is 4.21. The van der Waals surface area contributed by atoms with Gasteiger partial charge in [0.15, 0.2) is 0 Å². The normalized spacial score (nSPS) is 12.1. The molecule has 0 saturated carbocycles. The predicted octanol–water partition coefficient (Wildman–Crippen LogP) is 1.73.